The molecule has 1 heterocycles. The molecule has 1 aliphatic heterocycles. The van der Waals surface area contributed by atoms with E-state index in [2.05, 4.69) is 0 Å². The normalized spacial score (nSPS) is 18.9. The minimum absolute atomic E-state index is 0. The third kappa shape index (κ3) is 4.08. The molecule has 0 aromatic heterocycles. The fourth-order valence-electron chi connectivity index (χ4n) is 2.09. The van der Waals surface area contributed by atoms with Crippen molar-refractivity contribution in [3.8, 4) is 0 Å². The number of rotatable bonds is 2. The smallest absolute Gasteiger partial charge is 0.254 e. The van der Waals surface area contributed by atoms with Crippen molar-refractivity contribution in [1.29, 1.82) is 0 Å². The maximum atomic E-state index is 12.3. The fourth-order valence-corrected chi connectivity index (χ4v) is 2.38. The predicted octanol–water partition coefficient (Wildman–Crippen LogP) is 1.87. The number of hydrogen-bond acceptors (Lipinski definition) is 3. The van der Waals surface area contributed by atoms with Crippen molar-refractivity contribution in [2.45, 2.75) is 13.0 Å². The number of amides is 1. The lowest BCUT2D eigenvalue weighted by atomic mass is 10.1. The molecule has 0 spiro atoms. The van der Waals surface area contributed by atoms with Gasteiger partial charge >= 0.3 is 0 Å². The van der Waals surface area contributed by atoms with Crippen LogP contribution in [-0.4, -0.2) is 43.2 Å². The SMILES string of the molecule is Cc1cc(Cl)cc(C(=O)N2CCOC(CN)C2)c1.Cl. The summed E-state index contributed by atoms with van der Waals surface area (Å²) in [5, 5.41) is 0.585. The number of carbonyl (C=O) groups excluding carboxylic acids is 1. The molecule has 2 rings (SSSR count). The standard InChI is InChI=1S/C13H17ClN2O2.ClH/c1-9-4-10(6-11(14)5-9)13(17)16-2-3-18-12(7-15)8-16;/h4-6,12H,2-3,7-8,15H2,1H3;1H. The zero-order valence-corrected chi connectivity index (χ0v) is 12.3. The highest BCUT2D eigenvalue weighted by Gasteiger charge is 2.24. The highest BCUT2D eigenvalue weighted by atomic mass is 35.5. The maximum absolute atomic E-state index is 12.3. The highest BCUT2D eigenvalue weighted by molar-refractivity contribution is 6.31. The molecule has 1 saturated heterocycles. The highest BCUT2D eigenvalue weighted by Crippen LogP contribution is 2.17. The lowest BCUT2D eigenvalue weighted by Gasteiger charge is -2.32. The summed E-state index contributed by atoms with van der Waals surface area (Å²) in [6.07, 6.45) is -0.0667. The summed E-state index contributed by atoms with van der Waals surface area (Å²) in [4.78, 5) is 14.1. The van der Waals surface area contributed by atoms with Gasteiger partial charge in [0.05, 0.1) is 12.7 Å². The second-order valence-electron chi connectivity index (χ2n) is 4.50. The van der Waals surface area contributed by atoms with Gasteiger partial charge in [-0.1, -0.05) is 11.6 Å². The molecule has 0 bridgehead atoms. The molecule has 2 N–H and O–H groups in total. The molecule has 0 radical (unpaired) electrons. The Hall–Kier alpha value is -0.810. The summed E-state index contributed by atoms with van der Waals surface area (Å²) >= 11 is 5.97. The molecule has 6 heteroatoms. The van der Waals surface area contributed by atoms with E-state index >= 15 is 0 Å². The van der Waals surface area contributed by atoms with E-state index in [9.17, 15) is 4.79 Å². The topological polar surface area (TPSA) is 55.6 Å². The van der Waals surface area contributed by atoms with Crippen LogP contribution in [0.25, 0.3) is 0 Å². The molecule has 0 saturated carbocycles. The summed E-state index contributed by atoms with van der Waals surface area (Å²) in [7, 11) is 0. The average Bonchev–Trinajstić information content (AvgIpc) is 2.37. The van der Waals surface area contributed by atoms with Crippen molar-refractivity contribution in [2.24, 2.45) is 5.73 Å². The van der Waals surface area contributed by atoms with Crippen molar-refractivity contribution in [1.82, 2.24) is 4.90 Å². The summed E-state index contributed by atoms with van der Waals surface area (Å²) in [5.74, 6) is -0.0117. The van der Waals surface area contributed by atoms with E-state index in [0.29, 0.717) is 36.8 Å². The summed E-state index contributed by atoms with van der Waals surface area (Å²) < 4.78 is 5.45. The van der Waals surface area contributed by atoms with E-state index in [1.165, 1.54) is 0 Å². The zero-order chi connectivity index (χ0) is 13.1. The lowest BCUT2D eigenvalue weighted by Crippen LogP contribution is -2.48. The van der Waals surface area contributed by atoms with Crippen molar-refractivity contribution >= 4 is 29.9 Å². The Morgan fingerprint density at radius 2 is 2.26 bits per heavy atom. The van der Waals surface area contributed by atoms with E-state index in [0.717, 1.165) is 5.56 Å². The number of morpholine rings is 1. The molecule has 1 atom stereocenters. The largest absolute Gasteiger partial charge is 0.373 e. The predicted molar refractivity (Wildman–Crippen MR) is 78.1 cm³/mol. The van der Waals surface area contributed by atoms with Crippen molar-refractivity contribution in [2.75, 3.05) is 26.2 Å². The van der Waals surface area contributed by atoms with Gasteiger partial charge < -0.3 is 15.4 Å². The van der Waals surface area contributed by atoms with Gasteiger partial charge in [-0.3, -0.25) is 4.79 Å². The fraction of sp³-hybridized carbons (Fsp3) is 0.462. The van der Waals surface area contributed by atoms with Crippen molar-refractivity contribution in [3.05, 3.63) is 34.3 Å². The van der Waals surface area contributed by atoms with Gasteiger partial charge in [-0.25, -0.2) is 0 Å². The van der Waals surface area contributed by atoms with Gasteiger partial charge in [0.1, 0.15) is 0 Å². The molecule has 1 fully saturated rings. The van der Waals surface area contributed by atoms with E-state index in [4.69, 9.17) is 22.1 Å². The number of nitrogens with zero attached hydrogens (tertiary/aromatic N) is 1. The quantitative estimate of drug-likeness (QED) is 0.907. The number of ether oxygens (including phenoxy) is 1. The van der Waals surface area contributed by atoms with Gasteiger partial charge in [0.2, 0.25) is 0 Å². The Kier molecular flexibility index (Phi) is 6.07. The van der Waals surface area contributed by atoms with E-state index in [1.54, 1.807) is 11.0 Å². The monoisotopic (exact) mass is 304 g/mol. The van der Waals surface area contributed by atoms with Crippen molar-refractivity contribution in [3.63, 3.8) is 0 Å². The maximum Gasteiger partial charge on any atom is 0.254 e. The van der Waals surface area contributed by atoms with Gasteiger partial charge in [0, 0.05) is 30.2 Å². The van der Waals surface area contributed by atoms with E-state index in [1.807, 2.05) is 19.1 Å². The van der Waals surface area contributed by atoms with Gasteiger partial charge in [-0.2, -0.15) is 0 Å². The summed E-state index contributed by atoms with van der Waals surface area (Å²) in [6.45, 7) is 4.03. The van der Waals surface area contributed by atoms with Crippen LogP contribution in [0.15, 0.2) is 18.2 Å². The summed E-state index contributed by atoms with van der Waals surface area (Å²) in [6, 6.07) is 5.38. The Morgan fingerprint density at radius 3 is 2.89 bits per heavy atom. The Morgan fingerprint density at radius 1 is 1.53 bits per heavy atom. The first-order chi connectivity index (χ1) is 8.60. The third-order valence-electron chi connectivity index (χ3n) is 2.98. The lowest BCUT2D eigenvalue weighted by molar-refractivity contribution is -0.0167. The molecule has 1 aromatic rings. The van der Waals surface area contributed by atoms with Crippen LogP contribution in [0.5, 0.6) is 0 Å². The molecule has 4 nitrogen and oxygen atoms in total. The van der Waals surface area contributed by atoms with E-state index < -0.39 is 0 Å². The molecule has 106 valence electrons. The van der Waals surface area contributed by atoms with Gasteiger partial charge in [0.25, 0.3) is 5.91 Å². The molecule has 0 aliphatic carbocycles. The molecule has 19 heavy (non-hydrogen) atoms. The minimum Gasteiger partial charge on any atom is -0.373 e. The first-order valence-corrected chi connectivity index (χ1v) is 6.36. The van der Waals surface area contributed by atoms with Crippen LogP contribution in [0.1, 0.15) is 15.9 Å². The Bertz CT molecular complexity index is 434. The second kappa shape index (κ2) is 7.10. The number of nitrogens with two attached hydrogens (primary N) is 1. The van der Waals surface area contributed by atoms with Gasteiger partial charge in [-0.15, -0.1) is 12.4 Å². The van der Waals surface area contributed by atoms with Crippen LogP contribution in [0.4, 0.5) is 0 Å². The van der Waals surface area contributed by atoms with Gasteiger partial charge in [-0.05, 0) is 30.7 Å². The first kappa shape index (κ1) is 16.2. The zero-order valence-electron chi connectivity index (χ0n) is 10.8. The number of halogens is 2. The van der Waals surface area contributed by atoms with Crippen LogP contribution >= 0.6 is 24.0 Å². The number of aryl methyl sites for hydroxylation is 1. The van der Waals surface area contributed by atoms with Gasteiger partial charge in [0.15, 0.2) is 0 Å². The molecule has 1 aromatic carbocycles. The first-order valence-electron chi connectivity index (χ1n) is 5.98. The molecular formula is C13H18Cl2N2O2. The Labute approximate surface area is 124 Å². The molecule has 1 unspecified atom stereocenters. The number of benzene rings is 1. The molecule has 1 amide bonds. The van der Waals surface area contributed by atoms with Crippen LogP contribution in [0.2, 0.25) is 5.02 Å². The molecule has 1 aliphatic rings. The van der Waals surface area contributed by atoms with Crippen LogP contribution in [-0.2, 0) is 4.74 Å². The van der Waals surface area contributed by atoms with Crippen molar-refractivity contribution < 1.29 is 9.53 Å². The van der Waals surface area contributed by atoms with E-state index in [-0.39, 0.29) is 24.4 Å². The van der Waals surface area contributed by atoms with Crippen LogP contribution < -0.4 is 5.73 Å². The summed E-state index contributed by atoms with van der Waals surface area (Å²) in [5.41, 5.74) is 7.17. The van der Waals surface area contributed by atoms with Crippen LogP contribution in [0.3, 0.4) is 0 Å². The molecular weight excluding hydrogens is 287 g/mol. The average molecular weight is 305 g/mol. The van der Waals surface area contributed by atoms with Crippen LogP contribution in [0, 0.1) is 6.92 Å². The number of carbonyl (C=O) groups is 1. The minimum atomic E-state index is -0.0667. The number of hydrogen-bond donors (Lipinski definition) is 1. The second-order valence-corrected chi connectivity index (χ2v) is 4.93. The Balaban J connectivity index is 0.00000180. The third-order valence-corrected chi connectivity index (χ3v) is 3.20.